The third kappa shape index (κ3) is 4.38. The number of carbonyl (C=O) groups is 2. The highest BCUT2D eigenvalue weighted by Gasteiger charge is 2.25. The van der Waals surface area contributed by atoms with Gasteiger partial charge in [-0.05, 0) is 48.4 Å². The number of fused-ring (bicyclic) bond motifs is 1. The van der Waals surface area contributed by atoms with Gasteiger partial charge in [-0.1, -0.05) is 25.4 Å². The van der Waals surface area contributed by atoms with Gasteiger partial charge in [-0.3, -0.25) is 9.59 Å². The van der Waals surface area contributed by atoms with Gasteiger partial charge in [0, 0.05) is 16.3 Å². The van der Waals surface area contributed by atoms with E-state index in [4.69, 9.17) is 11.6 Å². The first-order chi connectivity index (χ1) is 12.8. The lowest BCUT2D eigenvalue weighted by atomic mass is 10.0. The second kappa shape index (κ2) is 7.67. The van der Waals surface area contributed by atoms with Gasteiger partial charge in [0.05, 0.1) is 11.0 Å². The second-order valence-electron chi connectivity index (χ2n) is 6.53. The van der Waals surface area contributed by atoms with Crippen molar-refractivity contribution in [3.05, 3.63) is 63.5 Å². The summed E-state index contributed by atoms with van der Waals surface area (Å²) < 4.78 is 0. The van der Waals surface area contributed by atoms with Crippen LogP contribution in [0.25, 0.3) is 11.0 Å². The highest BCUT2D eigenvalue weighted by atomic mass is 35.5. The molecule has 0 fully saturated rings. The van der Waals surface area contributed by atoms with Crippen molar-refractivity contribution in [2.24, 2.45) is 5.92 Å². The minimum absolute atomic E-state index is 0.128. The average Bonchev–Trinajstić information content (AvgIpc) is 2.99. The maximum absolute atomic E-state index is 12.7. The Hall–Kier alpha value is -3.06. The number of benzene rings is 2. The first-order valence-corrected chi connectivity index (χ1v) is 8.80. The minimum atomic E-state index is -0.728. The van der Waals surface area contributed by atoms with E-state index in [-0.39, 0.29) is 23.4 Å². The number of hydrogen-bond donors (Lipinski definition) is 4. The number of aromatic amines is 2. The summed E-state index contributed by atoms with van der Waals surface area (Å²) >= 11 is 5.84. The zero-order valence-electron chi connectivity index (χ0n) is 14.8. The Kier molecular flexibility index (Phi) is 5.32. The number of hydrogen-bond acceptors (Lipinski definition) is 3. The van der Waals surface area contributed by atoms with E-state index < -0.39 is 6.04 Å². The normalized spacial score (nSPS) is 12.1. The molecule has 0 radical (unpaired) electrons. The van der Waals surface area contributed by atoms with Crippen molar-refractivity contribution in [2.45, 2.75) is 19.9 Å². The van der Waals surface area contributed by atoms with Crippen LogP contribution in [0.5, 0.6) is 0 Å². The van der Waals surface area contributed by atoms with Crippen LogP contribution in [-0.4, -0.2) is 27.8 Å². The Morgan fingerprint density at radius 1 is 1.00 bits per heavy atom. The van der Waals surface area contributed by atoms with Crippen molar-refractivity contribution in [2.75, 3.05) is 5.32 Å². The first kappa shape index (κ1) is 18.7. The van der Waals surface area contributed by atoms with E-state index >= 15 is 0 Å². The van der Waals surface area contributed by atoms with Crippen LogP contribution < -0.4 is 16.3 Å². The third-order valence-corrected chi connectivity index (χ3v) is 4.38. The smallest absolute Gasteiger partial charge is 0.323 e. The predicted molar refractivity (Wildman–Crippen MR) is 105 cm³/mol. The molecular formula is C19H19ClN4O3. The molecule has 0 saturated heterocycles. The molecule has 1 aromatic heterocycles. The summed E-state index contributed by atoms with van der Waals surface area (Å²) in [6, 6.07) is 10.7. The SMILES string of the molecule is CC(C)C(NC(=O)c1ccc(Cl)cc1)C(=O)Nc1ccc2[nH]c(=O)[nH]c2c1. The molecule has 4 N–H and O–H groups in total. The number of halogens is 1. The second-order valence-corrected chi connectivity index (χ2v) is 6.97. The fraction of sp³-hybridized carbons (Fsp3) is 0.211. The van der Waals surface area contributed by atoms with Gasteiger partial charge in [-0.25, -0.2) is 4.79 Å². The van der Waals surface area contributed by atoms with Gasteiger partial charge in [0.15, 0.2) is 0 Å². The molecule has 0 aliphatic heterocycles. The van der Waals surface area contributed by atoms with E-state index in [0.717, 1.165) is 0 Å². The van der Waals surface area contributed by atoms with E-state index in [1.807, 2.05) is 13.8 Å². The van der Waals surface area contributed by atoms with Gasteiger partial charge in [0.1, 0.15) is 6.04 Å². The fourth-order valence-electron chi connectivity index (χ4n) is 2.69. The zero-order chi connectivity index (χ0) is 19.6. The first-order valence-electron chi connectivity index (χ1n) is 8.43. The van der Waals surface area contributed by atoms with Crippen molar-refractivity contribution in [3.63, 3.8) is 0 Å². The van der Waals surface area contributed by atoms with E-state index in [2.05, 4.69) is 20.6 Å². The van der Waals surface area contributed by atoms with Gasteiger partial charge in [-0.2, -0.15) is 0 Å². The van der Waals surface area contributed by atoms with Gasteiger partial charge in [-0.15, -0.1) is 0 Å². The number of amides is 2. The molecule has 8 heteroatoms. The molecule has 3 aromatic rings. The third-order valence-electron chi connectivity index (χ3n) is 4.13. The summed E-state index contributed by atoms with van der Waals surface area (Å²) in [6.45, 7) is 3.69. The Morgan fingerprint density at radius 3 is 2.33 bits per heavy atom. The van der Waals surface area contributed by atoms with Gasteiger partial charge in [0.25, 0.3) is 5.91 Å². The van der Waals surface area contributed by atoms with Crippen molar-refractivity contribution in [3.8, 4) is 0 Å². The molecule has 27 heavy (non-hydrogen) atoms. The summed E-state index contributed by atoms with van der Waals surface area (Å²) in [5.41, 5.74) is 1.86. The Labute approximate surface area is 160 Å². The molecule has 140 valence electrons. The maximum atomic E-state index is 12.7. The molecule has 1 unspecified atom stereocenters. The van der Waals surface area contributed by atoms with E-state index in [1.165, 1.54) is 0 Å². The minimum Gasteiger partial charge on any atom is -0.340 e. The van der Waals surface area contributed by atoms with Crippen molar-refractivity contribution >= 4 is 40.1 Å². The molecule has 0 saturated carbocycles. The molecule has 0 spiro atoms. The number of imidazole rings is 1. The number of H-pyrrole nitrogens is 2. The number of nitrogens with one attached hydrogen (secondary N) is 4. The van der Waals surface area contributed by atoms with Crippen LogP contribution >= 0.6 is 11.6 Å². The van der Waals surface area contributed by atoms with Crippen molar-refractivity contribution in [1.82, 2.24) is 15.3 Å². The zero-order valence-corrected chi connectivity index (χ0v) is 15.6. The summed E-state index contributed by atoms with van der Waals surface area (Å²) in [7, 11) is 0. The standard InChI is InChI=1S/C19H19ClN4O3/c1-10(2)16(24-17(25)11-3-5-12(20)6-4-11)18(26)21-13-7-8-14-15(9-13)23-19(27)22-14/h3-10,16H,1-2H3,(H,21,26)(H,24,25)(H2,22,23,27). The topological polar surface area (TPSA) is 107 Å². The Balaban J connectivity index is 1.74. The molecule has 3 rings (SSSR count). The molecule has 0 bridgehead atoms. The molecular weight excluding hydrogens is 368 g/mol. The number of carbonyl (C=O) groups excluding carboxylic acids is 2. The molecule has 1 heterocycles. The van der Waals surface area contributed by atoms with E-state index in [1.54, 1.807) is 42.5 Å². The quantitative estimate of drug-likeness (QED) is 0.541. The molecule has 2 amide bonds. The predicted octanol–water partition coefficient (Wildman–Crippen LogP) is 2.90. The van der Waals surface area contributed by atoms with Gasteiger partial charge >= 0.3 is 5.69 Å². The Bertz CT molecular complexity index is 1040. The van der Waals surface area contributed by atoms with Crippen LogP contribution in [0.3, 0.4) is 0 Å². The molecule has 0 aliphatic rings. The van der Waals surface area contributed by atoms with Crippen LogP contribution in [0.4, 0.5) is 5.69 Å². The molecule has 0 aliphatic carbocycles. The lowest BCUT2D eigenvalue weighted by molar-refractivity contribution is -0.118. The summed E-state index contributed by atoms with van der Waals surface area (Å²) in [5.74, 6) is -0.826. The number of aromatic nitrogens is 2. The molecule has 1 atom stereocenters. The van der Waals surface area contributed by atoms with Crippen LogP contribution in [-0.2, 0) is 4.79 Å². The summed E-state index contributed by atoms with van der Waals surface area (Å²) in [6.07, 6.45) is 0. The largest absolute Gasteiger partial charge is 0.340 e. The fourth-order valence-corrected chi connectivity index (χ4v) is 2.82. The molecule has 7 nitrogen and oxygen atoms in total. The van der Waals surface area contributed by atoms with Crippen molar-refractivity contribution < 1.29 is 9.59 Å². The van der Waals surface area contributed by atoms with Gasteiger partial charge < -0.3 is 20.6 Å². The van der Waals surface area contributed by atoms with Crippen LogP contribution in [0.1, 0.15) is 24.2 Å². The van der Waals surface area contributed by atoms with E-state index in [0.29, 0.717) is 27.3 Å². The van der Waals surface area contributed by atoms with E-state index in [9.17, 15) is 14.4 Å². The summed E-state index contributed by atoms with van der Waals surface area (Å²) in [4.78, 5) is 41.7. The van der Waals surface area contributed by atoms with Gasteiger partial charge in [0.2, 0.25) is 5.91 Å². The lowest BCUT2D eigenvalue weighted by Crippen LogP contribution is -2.47. The summed E-state index contributed by atoms with van der Waals surface area (Å²) in [5, 5.41) is 6.07. The highest BCUT2D eigenvalue weighted by molar-refractivity contribution is 6.30. The number of rotatable bonds is 5. The number of anilines is 1. The molecule has 2 aromatic carbocycles. The van der Waals surface area contributed by atoms with Crippen LogP contribution in [0, 0.1) is 5.92 Å². The van der Waals surface area contributed by atoms with Crippen LogP contribution in [0.15, 0.2) is 47.3 Å². The monoisotopic (exact) mass is 386 g/mol. The highest BCUT2D eigenvalue weighted by Crippen LogP contribution is 2.16. The van der Waals surface area contributed by atoms with Crippen molar-refractivity contribution in [1.29, 1.82) is 0 Å². The Morgan fingerprint density at radius 2 is 1.67 bits per heavy atom. The van der Waals surface area contributed by atoms with Crippen LogP contribution in [0.2, 0.25) is 5.02 Å². The maximum Gasteiger partial charge on any atom is 0.323 e. The lowest BCUT2D eigenvalue weighted by Gasteiger charge is -2.22. The average molecular weight is 387 g/mol.